The molecule has 0 aliphatic carbocycles. The molecule has 0 fully saturated rings. The van der Waals surface area contributed by atoms with E-state index in [4.69, 9.17) is 0 Å². The Kier molecular flexibility index (Phi) is 4.18. The topological polar surface area (TPSA) is 88.5 Å². The van der Waals surface area contributed by atoms with Crippen molar-refractivity contribution in [3.05, 3.63) is 54.2 Å². The second-order valence-electron chi connectivity index (χ2n) is 5.66. The number of hydrogen-bond acceptors (Lipinski definition) is 4. The van der Waals surface area contributed by atoms with Gasteiger partial charge in [-0.1, -0.05) is 13.8 Å². The maximum Gasteiger partial charge on any atom is 0.276 e. The zero-order valence-electron chi connectivity index (χ0n) is 13.0. The SMILES string of the molecule is CC(C)Cc1cc(C(=O)Nc2cccnc2-n2cccn2)n[nH]1. The number of anilines is 1. The number of amides is 1. The molecule has 0 atom stereocenters. The van der Waals surface area contributed by atoms with Gasteiger partial charge in [-0.05, 0) is 36.6 Å². The summed E-state index contributed by atoms with van der Waals surface area (Å²) in [7, 11) is 0. The van der Waals surface area contributed by atoms with Crippen molar-refractivity contribution in [3.63, 3.8) is 0 Å². The summed E-state index contributed by atoms with van der Waals surface area (Å²) < 4.78 is 1.60. The van der Waals surface area contributed by atoms with E-state index >= 15 is 0 Å². The highest BCUT2D eigenvalue weighted by molar-refractivity contribution is 6.03. The van der Waals surface area contributed by atoms with Crippen molar-refractivity contribution in [2.24, 2.45) is 5.92 Å². The first kappa shape index (κ1) is 15.0. The van der Waals surface area contributed by atoms with Crippen molar-refractivity contribution in [2.45, 2.75) is 20.3 Å². The fourth-order valence-electron chi connectivity index (χ4n) is 2.28. The number of carbonyl (C=O) groups is 1. The van der Waals surface area contributed by atoms with Crippen molar-refractivity contribution < 1.29 is 4.79 Å². The summed E-state index contributed by atoms with van der Waals surface area (Å²) >= 11 is 0. The van der Waals surface area contributed by atoms with Gasteiger partial charge in [0.2, 0.25) is 0 Å². The Morgan fingerprint density at radius 1 is 1.35 bits per heavy atom. The van der Waals surface area contributed by atoms with Gasteiger partial charge in [-0.15, -0.1) is 0 Å². The number of rotatable bonds is 5. The van der Waals surface area contributed by atoms with Crippen molar-refractivity contribution >= 4 is 11.6 Å². The molecule has 0 saturated heterocycles. The summed E-state index contributed by atoms with van der Waals surface area (Å²) in [6.07, 6.45) is 5.94. The summed E-state index contributed by atoms with van der Waals surface area (Å²) in [5.74, 6) is 0.776. The normalized spacial score (nSPS) is 10.9. The Morgan fingerprint density at radius 2 is 2.22 bits per heavy atom. The summed E-state index contributed by atoms with van der Waals surface area (Å²) in [4.78, 5) is 16.7. The van der Waals surface area contributed by atoms with Crippen LogP contribution in [0.4, 0.5) is 5.69 Å². The Hall–Kier alpha value is -2.96. The van der Waals surface area contributed by atoms with Crippen LogP contribution < -0.4 is 5.32 Å². The molecule has 2 N–H and O–H groups in total. The lowest BCUT2D eigenvalue weighted by Gasteiger charge is -2.08. The molecule has 0 radical (unpaired) electrons. The third-order valence-electron chi connectivity index (χ3n) is 3.25. The molecule has 0 aliphatic heterocycles. The lowest BCUT2D eigenvalue weighted by Crippen LogP contribution is -2.15. The first-order valence-corrected chi connectivity index (χ1v) is 7.44. The van der Waals surface area contributed by atoms with Gasteiger partial charge in [0.05, 0.1) is 5.69 Å². The molecular formula is C16H18N6O. The first-order valence-electron chi connectivity index (χ1n) is 7.44. The van der Waals surface area contributed by atoms with Crippen molar-refractivity contribution in [1.82, 2.24) is 25.0 Å². The van der Waals surface area contributed by atoms with Crippen molar-refractivity contribution in [3.8, 4) is 5.82 Å². The van der Waals surface area contributed by atoms with E-state index in [0.717, 1.165) is 12.1 Å². The molecule has 118 valence electrons. The average molecular weight is 310 g/mol. The average Bonchev–Trinajstić information content (AvgIpc) is 3.18. The minimum atomic E-state index is -0.280. The number of H-pyrrole nitrogens is 1. The molecule has 0 aromatic carbocycles. The molecule has 1 amide bonds. The van der Waals surface area contributed by atoms with Crippen LogP contribution in [-0.2, 0) is 6.42 Å². The largest absolute Gasteiger partial charge is 0.317 e. The van der Waals surface area contributed by atoms with Crippen LogP contribution in [0.5, 0.6) is 0 Å². The maximum absolute atomic E-state index is 12.4. The molecule has 3 heterocycles. The first-order chi connectivity index (χ1) is 11.1. The number of aromatic amines is 1. The van der Waals surface area contributed by atoms with Gasteiger partial charge < -0.3 is 5.32 Å². The van der Waals surface area contributed by atoms with E-state index in [0.29, 0.717) is 23.1 Å². The maximum atomic E-state index is 12.4. The Balaban J connectivity index is 1.80. The predicted octanol–water partition coefficient (Wildman–Crippen LogP) is 2.44. The van der Waals surface area contributed by atoms with E-state index in [1.165, 1.54) is 0 Å². The van der Waals surface area contributed by atoms with Gasteiger partial charge in [-0.3, -0.25) is 9.89 Å². The van der Waals surface area contributed by atoms with Gasteiger partial charge in [-0.2, -0.15) is 10.2 Å². The molecule has 3 rings (SSSR count). The molecule has 7 heteroatoms. The Morgan fingerprint density at radius 3 is 2.96 bits per heavy atom. The van der Waals surface area contributed by atoms with Crippen LogP contribution >= 0.6 is 0 Å². The number of pyridine rings is 1. The molecule has 3 aromatic heterocycles. The predicted molar refractivity (Wildman–Crippen MR) is 86.4 cm³/mol. The number of nitrogens with zero attached hydrogens (tertiary/aromatic N) is 4. The highest BCUT2D eigenvalue weighted by Crippen LogP contribution is 2.17. The van der Waals surface area contributed by atoms with Gasteiger partial charge >= 0.3 is 0 Å². The van der Waals surface area contributed by atoms with Crippen LogP contribution in [0.1, 0.15) is 30.0 Å². The minimum Gasteiger partial charge on any atom is -0.317 e. The van der Waals surface area contributed by atoms with E-state index in [2.05, 4.69) is 39.4 Å². The van der Waals surface area contributed by atoms with Crippen molar-refractivity contribution in [1.29, 1.82) is 0 Å². The van der Waals surface area contributed by atoms with Crippen LogP contribution in [0.2, 0.25) is 0 Å². The van der Waals surface area contributed by atoms with E-state index in [9.17, 15) is 4.79 Å². The third kappa shape index (κ3) is 3.45. The summed E-state index contributed by atoms with van der Waals surface area (Å²) in [5, 5.41) is 14.0. The zero-order valence-corrected chi connectivity index (χ0v) is 13.0. The standard InChI is InChI=1S/C16H18N6O/c1-11(2)9-12-10-14(21-20-12)16(23)19-13-5-3-6-17-15(13)22-8-4-7-18-22/h3-8,10-11H,9H2,1-2H3,(H,19,23)(H,20,21). The van der Waals surface area contributed by atoms with Crippen LogP contribution in [0.25, 0.3) is 5.82 Å². The fourth-order valence-corrected chi connectivity index (χ4v) is 2.28. The zero-order chi connectivity index (χ0) is 16.2. The Bertz CT molecular complexity index is 791. The quantitative estimate of drug-likeness (QED) is 0.757. The summed E-state index contributed by atoms with van der Waals surface area (Å²) in [5.41, 5.74) is 1.88. The molecule has 0 unspecified atom stereocenters. The van der Waals surface area contributed by atoms with Crippen LogP contribution in [0.3, 0.4) is 0 Å². The number of hydrogen-bond donors (Lipinski definition) is 2. The second-order valence-corrected chi connectivity index (χ2v) is 5.66. The van der Waals surface area contributed by atoms with Crippen LogP contribution in [0.15, 0.2) is 42.9 Å². The van der Waals surface area contributed by atoms with E-state index in [-0.39, 0.29) is 5.91 Å². The van der Waals surface area contributed by atoms with Crippen LogP contribution in [0, 0.1) is 5.92 Å². The van der Waals surface area contributed by atoms with Gasteiger partial charge in [0.15, 0.2) is 11.5 Å². The lowest BCUT2D eigenvalue weighted by atomic mass is 10.1. The lowest BCUT2D eigenvalue weighted by molar-refractivity contribution is 0.102. The van der Waals surface area contributed by atoms with Gasteiger partial charge in [0.1, 0.15) is 0 Å². The van der Waals surface area contributed by atoms with E-state index in [1.807, 2.05) is 0 Å². The molecule has 7 nitrogen and oxygen atoms in total. The van der Waals surface area contributed by atoms with Gasteiger partial charge in [0.25, 0.3) is 5.91 Å². The molecule has 0 bridgehead atoms. The molecule has 3 aromatic rings. The number of aromatic nitrogens is 5. The molecule has 0 saturated carbocycles. The molecule has 0 spiro atoms. The third-order valence-corrected chi connectivity index (χ3v) is 3.25. The van der Waals surface area contributed by atoms with Gasteiger partial charge in [-0.25, -0.2) is 9.67 Å². The minimum absolute atomic E-state index is 0.280. The smallest absolute Gasteiger partial charge is 0.276 e. The molecule has 0 aliphatic rings. The monoisotopic (exact) mass is 310 g/mol. The van der Waals surface area contributed by atoms with E-state index < -0.39 is 0 Å². The van der Waals surface area contributed by atoms with Crippen molar-refractivity contribution in [2.75, 3.05) is 5.32 Å². The summed E-state index contributed by atoms with van der Waals surface area (Å²) in [6, 6.07) is 7.12. The van der Waals surface area contributed by atoms with E-state index in [1.54, 1.807) is 47.5 Å². The Labute approximate surface area is 133 Å². The number of nitrogens with one attached hydrogen (secondary N) is 2. The highest BCUT2D eigenvalue weighted by atomic mass is 16.1. The fraction of sp³-hybridized carbons (Fsp3) is 0.250. The second kappa shape index (κ2) is 6.43. The number of carbonyl (C=O) groups excluding carboxylic acids is 1. The highest BCUT2D eigenvalue weighted by Gasteiger charge is 2.14. The molecule has 23 heavy (non-hydrogen) atoms. The molecular weight excluding hydrogens is 292 g/mol. The summed E-state index contributed by atoms with van der Waals surface area (Å²) in [6.45, 7) is 4.24. The van der Waals surface area contributed by atoms with Crippen LogP contribution in [-0.4, -0.2) is 30.9 Å². The van der Waals surface area contributed by atoms with Gasteiger partial charge in [0, 0.05) is 24.3 Å².